The molecule has 0 saturated heterocycles. The van der Waals surface area contributed by atoms with Crippen LogP contribution in [0.2, 0.25) is 0 Å². The summed E-state index contributed by atoms with van der Waals surface area (Å²) < 4.78 is 4.41. The number of halogens is 1. The molecule has 0 atom stereocenters. The Kier molecular flexibility index (Phi) is 6.19. The average Bonchev–Trinajstić information content (AvgIpc) is 2.21. The molecule has 0 aromatic heterocycles. The van der Waals surface area contributed by atoms with Crippen molar-refractivity contribution in [3.05, 3.63) is 32.4 Å². The van der Waals surface area contributed by atoms with Gasteiger partial charge in [-0.15, -0.1) is 0 Å². The molecule has 0 aromatic carbocycles. The molecule has 6 nitrogen and oxygen atoms in total. The number of ether oxygens (including phenoxy) is 1. The van der Waals surface area contributed by atoms with Gasteiger partial charge in [0.25, 0.3) is 0 Å². The maximum Gasteiger partial charge on any atom is 0.344 e. The second kappa shape index (κ2) is 6.88. The van der Waals surface area contributed by atoms with E-state index in [9.17, 15) is 14.9 Å². The van der Waals surface area contributed by atoms with Crippen LogP contribution in [0, 0.1) is 10.1 Å². The fourth-order valence-electron chi connectivity index (χ4n) is 0.768. The molecule has 0 radical (unpaired) electrons. The van der Waals surface area contributed by atoms with Crippen LogP contribution in [0.15, 0.2) is 27.3 Å². The number of rotatable bonds is 4. The molecule has 0 fully saturated rings. The van der Waals surface area contributed by atoms with Crippen LogP contribution < -0.4 is 0 Å². The smallest absolute Gasteiger partial charge is 0.344 e. The van der Waals surface area contributed by atoms with Gasteiger partial charge in [-0.3, -0.25) is 15.1 Å². The molecule has 0 aromatic rings. The monoisotopic (exact) mass is 276 g/mol. The van der Waals surface area contributed by atoms with Gasteiger partial charge >= 0.3 is 11.7 Å². The second-order valence-corrected chi connectivity index (χ2v) is 2.76. The summed E-state index contributed by atoms with van der Waals surface area (Å²) in [4.78, 5) is 25.9. The van der Waals surface area contributed by atoms with Crippen LogP contribution in [0.4, 0.5) is 0 Å². The fraction of sp³-hybridized carbons (Fsp3) is 0.250. The molecule has 0 heterocycles. The van der Waals surface area contributed by atoms with E-state index in [2.05, 4.69) is 25.7 Å². The predicted molar refractivity (Wildman–Crippen MR) is 58.5 cm³/mol. The van der Waals surface area contributed by atoms with Gasteiger partial charge in [0.05, 0.1) is 18.2 Å². The Morgan fingerprint density at radius 1 is 1.60 bits per heavy atom. The van der Waals surface area contributed by atoms with Crippen LogP contribution in [-0.2, 0) is 9.53 Å². The molecule has 0 rings (SSSR count). The van der Waals surface area contributed by atoms with Gasteiger partial charge in [0.15, 0.2) is 0 Å². The van der Waals surface area contributed by atoms with E-state index in [-0.39, 0.29) is 5.57 Å². The van der Waals surface area contributed by atoms with Crippen molar-refractivity contribution in [2.24, 2.45) is 4.99 Å². The zero-order chi connectivity index (χ0) is 11.8. The number of aliphatic imine (C=N–C) groups is 1. The summed E-state index contributed by atoms with van der Waals surface area (Å²) in [6.07, 6.45) is 2.21. The average molecular weight is 277 g/mol. The van der Waals surface area contributed by atoms with E-state index in [0.717, 1.165) is 13.3 Å². The minimum absolute atomic E-state index is 0.176. The lowest BCUT2D eigenvalue weighted by Gasteiger charge is -1.99. The number of hydrogen-bond acceptors (Lipinski definition) is 5. The minimum Gasteiger partial charge on any atom is -0.465 e. The van der Waals surface area contributed by atoms with Crippen molar-refractivity contribution in [3.8, 4) is 0 Å². The lowest BCUT2D eigenvalue weighted by atomic mass is 10.2. The van der Waals surface area contributed by atoms with Crippen LogP contribution in [0.5, 0.6) is 0 Å². The lowest BCUT2D eigenvalue weighted by molar-refractivity contribution is -0.415. The van der Waals surface area contributed by atoms with E-state index in [4.69, 9.17) is 0 Å². The lowest BCUT2D eigenvalue weighted by Crippen LogP contribution is -2.12. The van der Waals surface area contributed by atoms with Crippen molar-refractivity contribution in [2.75, 3.05) is 14.2 Å². The molecule has 0 aliphatic rings. The summed E-state index contributed by atoms with van der Waals surface area (Å²) in [5.41, 5.74) is -0.593. The molecule has 0 saturated carbocycles. The van der Waals surface area contributed by atoms with Crippen LogP contribution in [0.25, 0.3) is 0 Å². The molecular weight excluding hydrogens is 268 g/mol. The Morgan fingerprint density at radius 2 is 2.20 bits per heavy atom. The number of methoxy groups -OCH3 is 1. The summed E-state index contributed by atoms with van der Waals surface area (Å²) in [6, 6.07) is 0. The highest BCUT2D eigenvalue weighted by Gasteiger charge is 2.21. The Balaban J connectivity index is 5.54. The number of allylic oxidation sites excluding steroid dienone is 1. The van der Waals surface area contributed by atoms with Gasteiger partial charge in [0.2, 0.25) is 0 Å². The van der Waals surface area contributed by atoms with Gasteiger partial charge in [0, 0.05) is 7.05 Å². The normalized spacial score (nSPS) is 13.0. The zero-order valence-corrected chi connectivity index (χ0v) is 9.72. The van der Waals surface area contributed by atoms with Crippen molar-refractivity contribution in [1.82, 2.24) is 0 Å². The third kappa shape index (κ3) is 4.03. The first kappa shape index (κ1) is 13.5. The fourth-order valence-corrected chi connectivity index (χ4v) is 1.03. The van der Waals surface area contributed by atoms with Gasteiger partial charge in [-0.1, -0.05) is 15.9 Å². The molecule has 7 heteroatoms. The van der Waals surface area contributed by atoms with Crippen LogP contribution in [0.1, 0.15) is 0 Å². The molecule has 0 aliphatic heterocycles. The molecule has 0 N–H and O–H groups in total. The van der Waals surface area contributed by atoms with E-state index in [1.807, 2.05) is 0 Å². The Bertz CT molecular complexity index is 347. The van der Waals surface area contributed by atoms with E-state index >= 15 is 0 Å². The zero-order valence-electron chi connectivity index (χ0n) is 8.14. The van der Waals surface area contributed by atoms with E-state index < -0.39 is 16.6 Å². The molecule has 82 valence electrons. The van der Waals surface area contributed by atoms with Gasteiger partial charge in [0.1, 0.15) is 5.57 Å². The third-order valence-corrected chi connectivity index (χ3v) is 1.62. The highest BCUT2D eigenvalue weighted by Crippen LogP contribution is 2.09. The van der Waals surface area contributed by atoms with Gasteiger partial charge in [-0.05, 0) is 11.1 Å². The van der Waals surface area contributed by atoms with Crippen LogP contribution in [0.3, 0.4) is 0 Å². The standard InChI is InChI=1S/C8H9BrN2O4/c1-10-5-7(11(13)14)6(3-4-9)8(12)15-2/h3-5H,1-2H3/b4-3+,7-6-,10-5?. The molecule has 0 aliphatic carbocycles. The van der Waals surface area contributed by atoms with E-state index in [1.165, 1.54) is 18.1 Å². The number of carbonyl (C=O) groups excluding carboxylic acids is 1. The number of esters is 1. The van der Waals surface area contributed by atoms with Crippen LogP contribution >= 0.6 is 15.9 Å². The largest absolute Gasteiger partial charge is 0.465 e. The van der Waals surface area contributed by atoms with Crippen molar-refractivity contribution in [3.63, 3.8) is 0 Å². The third-order valence-electron chi connectivity index (χ3n) is 1.36. The predicted octanol–water partition coefficient (Wildman–Crippen LogP) is 1.30. The molecule has 15 heavy (non-hydrogen) atoms. The van der Waals surface area contributed by atoms with Gasteiger partial charge in [-0.2, -0.15) is 0 Å². The Hall–Kier alpha value is -1.50. The molecule has 0 spiro atoms. The van der Waals surface area contributed by atoms with E-state index in [0.29, 0.717) is 0 Å². The second-order valence-electron chi connectivity index (χ2n) is 2.23. The summed E-state index contributed by atoms with van der Waals surface area (Å²) >= 11 is 2.93. The SMILES string of the molecule is CN=C/C(=C(\C=C\Br)C(=O)OC)[N+](=O)[O-]. The summed E-state index contributed by atoms with van der Waals surface area (Å²) in [7, 11) is 2.52. The minimum atomic E-state index is -0.794. The van der Waals surface area contributed by atoms with Crippen molar-refractivity contribution >= 4 is 28.1 Å². The van der Waals surface area contributed by atoms with Gasteiger partial charge < -0.3 is 4.74 Å². The molecular formula is C8H9BrN2O4. The molecule has 0 unspecified atom stereocenters. The number of hydrogen-bond donors (Lipinski definition) is 0. The highest BCUT2D eigenvalue weighted by atomic mass is 79.9. The maximum absolute atomic E-state index is 11.2. The summed E-state index contributed by atoms with van der Waals surface area (Å²) in [5, 5.41) is 10.6. The molecule has 0 amide bonds. The van der Waals surface area contributed by atoms with Crippen molar-refractivity contribution in [2.45, 2.75) is 0 Å². The first-order chi connectivity index (χ1) is 7.08. The Labute approximate surface area is 94.6 Å². The Morgan fingerprint density at radius 3 is 2.53 bits per heavy atom. The summed E-state index contributed by atoms with van der Waals surface area (Å²) in [5.74, 6) is -0.794. The number of nitro groups is 1. The van der Waals surface area contributed by atoms with Crippen LogP contribution in [-0.4, -0.2) is 31.3 Å². The maximum atomic E-state index is 11.2. The number of carbonyl (C=O) groups is 1. The van der Waals surface area contributed by atoms with Crippen molar-refractivity contribution < 1.29 is 14.5 Å². The van der Waals surface area contributed by atoms with Crippen molar-refractivity contribution in [1.29, 1.82) is 0 Å². The quantitative estimate of drug-likeness (QED) is 0.194. The number of nitrogens with zero attached hydrogens (tertiary/aromatic N) is 2. The van der Waals surface area contributed by atoms with Gasteiger partial charge in [-0.25, -0.2) is 4.79 Å². The molecule has 0 bridgehead atoms. The van der Waals surface area contributed by atoms with E-state index in [1.54, 1.807) is 0 Å². The first-order valence-electron chi connectivity index (χ1n) is 3.74. The first-order valence-corrected chi connectivity index (χ1v) is 4.66. The highest BCUT2D eigenvalue weighted by molar-refractivity contribution is 9.11. The summed E-state index contributed by atoms with van der Waals surface area (Å²) in [6.45, 7) is 0. The topological polar surface area (TPSA) is 81.8 Å².